The third-order valence-electron chi connectivity index (χ3n) is 2.59. The van der Waals surface area contributed by atoms with E-state index in [2.05, 4.69) is 0 Å². The minimum Gasteiger partial charge on any atom is -0.546 e. The molecular weight excluding hydrogens is 353 g/mol. The van der Waals surface area contributed by atoms with Crippen molar-refractivity contribution in [1.29, 1.82) is 0 Å². The highest BCUT2D eigenvalue weighted by Crippen LogP contribution is 2.32. The van der Waals surface area contributed by atoms with Gasteiger partial charge in [-0.2, -0.15) is 0 Å². The second-order valence-electron chi connectivity index (χ2n) is 4.80. The fourth-order valence-electron chi connectivity index (χ4n) is 1.52. The van der Waals surface area contributed by atoms with E-state index < -0.39 is 12.1 Å². The molecule has 24 heavy (non-hydrogen) atoms. The summed E-state index contributed by atoms with van der Waals surface area (Å²) in [5.41, 5.74) is 0. The van der Waals surface area contributed by atoms with Crippen LogP contribution in [0.3, 0.4) is 0 Å². The Balaban J connectivity index is 0.000000891. The number of hydrogen-bond donors (Lipinski definition) is 1. The first-order valence-corrected chi connectivity index (χ1v) is 7.97. The molecule has 0 unspecified atom stereocenters. The second-order valence-corrected chi connectivity index (χ2v) is 5.65. The first-order chi connectivity index (χ1) is 11.4. The molecule has 130 valence electrons. The molecule has 0 aromatic heterocycles. The molecule has 0 heterocycles. The molecule has 0 radical (unpaired) electrons. The van der Waals surface area contributed by atoms with Crippen molar-refractivity contribution in [2.45, 2.75) is 13.0 Å². The molecule has 2 N–H and O–H groups in total. The zero-order valence-electron chi connectivity index (χ0n) is 13.6. The SMILES string of the molecule is C[C@@H](Oc1ccc(Oc2ccc(Cl)cc2Cl)cc1)C(=O)[O-].C[NH2+]C. The van der Waals surface area contributed by atoms with Crippen molar-refractivity contribution >= 4 is 29.2 Å². The number of carbonyl (C=O) groups is 1. The Morgan fingerprint density at radius 1 is 1.08 bits per heavy atom. The molecule has 2 aromatic rings. The standard InChI is InChI=1S/C15H12Cl2O4.C2H7N/c1-9(15(18)19)20-11-3-5-12(6-4-11)21-14-7-2-10(16)8-13(14)17;1-3-2/h2-9H,1H3,(H,18,19);3H,1-2H3/t9-;/m1./s1. The van der Waals surface area contributed by atoms with Crippen LogP contribution in [0.15, 0.2) is 42.5 Å². The monoisotopic (exact) mass is 371 g/mol. The molecule has 0 aliphatic heterocycles. The summed E-state index contributed by atoms with van der Waals surface area (Å²) in [6.45, 7) is 1.40. The van der Waals surface area contributed by atoms with Crippen molar-refractivity contribution in [3.05, 3.63) is 52.5 Å². The van der Waals surface area contributed by atoms with Gasteiger partial charge in [0.1, 0.15) is 23.4 Å². The zero-order chi connectivity index (χ0) is 18.1. The van der Waals surface area contributed by atoms with Gasteiger partial charge in [0.2, 0.25) is 0 Å². The summed E-state index contributed by atoms with van der Waals surface area (Å²) < 4.78 is 10.8. The summed E-state index contributed by atoms with van der Waals surface area (Å²) in [6, 6.07) is 11.4. The van der Waals surface area contributed by atoms with Crippen LogP contribution in [0.1, 0.15) is 6.92 Å². The van der Waals surface area contributed by atoms with Gasteiger partial charge in [0.05, 0.1) is 25.1 Å². The number of halogens is 2. The van der Waals surface area contributed by atoms with Gasteiger partial charge in [-0.25, -0.2) is 0 Å². The Morgan fingerprint density at radius 2 is 1.62 bits per heavy atom. The van der Waals surface area contributed by atoms with Gasteiger partial charge in [0.25, 0.3) is 0 Å². The van der Waals surface area contributed by atoms with Crippen molar-refractivity contribution in [2.75, 3.05) is 14.1 Å². The quantitative estimate of drug-likeness (QED) is 0.873. The van der Waals surface area contributed by atoms with E-state index in [1.165, 1.54) is 6.92 Å². The number of nitrogens with two attached hydrogens (primary N) is 1. The maximum Gasteiger partial charge on any atom is 0.146 e. The van der Waals surface area contributed by atoms with E-state index in [0.717, 1.165) is 0 Å². The van der Waals surface area contributed by atoms with Gasteiger partial charge in [0.15, 0.2) is 0 Å². The Labute approximate surface area is 151 Å². The number of benzene rings is 2. The molecular formula is C17H19Cl2NO4. The van der Waals surface area contributed by atoms with Crippen LogP contribution in [0.25, 0.3) is 0 Å². The van der Waals surface area contributed by atoms with Crippen molar-refractivity contribution in [2.24, 2.45) is 0 Å². The summed E-state index contributed by atoms with van der Waals surface area (Å²) in [5.74, 6) is 0.134. The highest BCUT2D eigenvalue weighted by molar-refractivity contribution is 6.35. The smallest absolute Gasteiger partial charge is 0.146 e. The van der Waals surface area contributed by atoms with Crippen LogP contribution < -0.4 is 19.9 Å². The van der Waals surface area contributed by atoms with Crippen molar-refractivity contribution in [3.63, 3.8) is 0 Å². The Hall–Kier alpha value is -1.95. The van der Waals surface area contributed by atoms with Crippen molar-refractivity contribution < 1.29 is 24.7 Å². The lowest BCUT2D eigenvalue weighted by molar-refractivity contribution is -0.597. The molecule has 0 spiro atoms. The first-order valence-electron chi connectivity index (χ1n) is 7.21. The van der Waals surface area contributed by atoms with Gasteiger partial charge < -0.3 is 24.7 Å². The van der Waals surface area contributed by atoms with Gasteiger partial charge in [0, 0.05) is 5.02 Å². The molecule has 0 aliphatic rings. The Kier molecular flexibility index (Phi) is 8.40. The normalized spacial score (nSPS) is 11.0. The van der Waals surface area contributed by atoms with E-state index in [-0.39, 0.29) is 0 Å². The number of carbonyl (C=O) groups excluding carboxylic acids is 1. The van der Waals surface area contributed by atoms with Gasteiger partial charge in [-0.1, -0.05) is 23.2 Å². The third kappa shape index (κ3) is 6.66. The molecule has 0 saturated heterocycles. The van der Waals surface area contributed by atoms with E-state index >= 15 is 0 Å². The van der Waals surface area contributed by atoms with Crippen LogP contribution in [-0.2, 0) is 4.79 Å². The van der Waals surface area contributed by atoms with Crippen LogP contribution in [0.2, 0.25) is 10.0 Å². The molecule has 0 amide bonds. The number of carboxylic acids is 1. The largest absolute Gasteiger partial charge is 0.546 e. The van der Waals surface area contributed by atoms with Crippen molar-refractivity contribution in [3.8, 4) is 17.2 Å². The number of aliphatic carboxylic acids is 1. The lowest BCUT2D eigenvalue weighted by Gasteiger charge is -2.15. The Morgan fingerprint density at radius 3 is 2.12 bits per heavy atom. The molecule has 7 heteroatoms. The Bertz CT molecular complexity index is 662. The van der Waals surface area contributed by atoms with Gasteiger partial charge in [-0.05, 0) is 49.4 Å². The zero-order valence-corrected chi connectivity index (χ0v) is 15.1. The van der Waals surface area contributed by atoms with E-state index in [9.17, 15) is 9.90 Å². The van der Waals surface area contributed by atoms with Crippen LogP contribution >= 0.6 is 23.2 Å². The van der Waals surface area contributed by atoms with Crippen LogP contribution in [-0.4, -0.2) is 26.2 Å². The highest BCUT2D eigenvalue weighted by Gasteiger charge is 2.06. The predicted molar refractivity (Wildman–Crippen MR) is 91.8 cm³/mol. The lowest BCUT2D eigenvalue weighted by atomic mass is 10.3. The fourth-order valence-corrected chi connectivity index (χ4v) is 1.97. The van der Waals surface area contributed by atoms with E-state index in [4.69, 9.17) is 32.7 Å². The molecule has 0 fully saturated rings. The molecule has 0 bridgehead atoms. The number of rotatable bonds is 5. The molecule has 0 saturated carbocycles. The van der Waals surface area contributed by atoms with E-state index in [0.29, 0.717) is 27.3 Å². The lowest BCUT2D eigenvalue weighted by Crippen LogP contribution is -2.74. The molecule has 1 atom stereocenters. The molecule has 0 aliphatic carbocycles. The fraction of sp³-hybridized carbons (Fsp3) is 0.235. The number of quaternary nitrogens is 1. The summed E-state index contributed by atoms with van der Waals surface area (Å²) in [5, 5.41) is 13.5. The molecule has 5 nitrogen and oxygen atoms in total. The van der Waals surface area contributed by atoms with E-state index in [1.807, 2.05) is 19.4 Å². The van der Waals surface area contributed by atoms with Gasteiger partial charge >= 0.3 is 0 Å². The van der Waals surface area contributed by atoms with Crippen LogP contribution in [0.4, 0.5) is 0 Å². The van der Waals surface area contributed by atoms with Gasteiger partial charge in [-0.3, -0.25) is 0 Å². The van der Waals surface area contributed by atoms with Crippen molar-refractivity contribution in [1.82, 2.24) is 0 Å². The minimum atomic E-state index is -1.27. The maximum absolute atomic E-state index is 10.6. The summed E-state index contributed by atoms with van der Waals surface area (Å²) in [6.07, 6.45) is -1.03. The number of hydrogen-bond acceptors (Lipinski definition) is 4. The van der Waals surface area contributed by atoms with Crippen LogP contribution in [0, 0.1) is 0 Å². The van der Waals surface area contributed by atoms with Crippen LogP contribution in [0.5, 0.6) is 17.2 Å². The highest BCUT2D eigenvalue weighted by atomic mass is 35.5. The third-order valence-corrected chi connectivity index (χ3v) is 3.12. The predicted octanol–water partition coefficient (Wildman–Crippen LogP) is 2.11. The summed E-state index contributed by atoms with van der Waals surface area (Å²) in [4.78, 5) is 10.6. The average molecular weight is 372 g/mol. The maximum atomic E-state index is 10.6. The summed E-state index contributed by atoms with van der Waals surface area (Å²) >= 11 is 11.8. The number of ether oxygens (including phenoxy) is 2. The minimum absolute atomic E-state index is 0.397. The molecule has 2 aromatic carbocycles. The van der Waals surface area contributed by atoms with E-state index in [1.54, 1.807) is 42.5 Å². The number of carboxylic acid groups (broad SMARTS) is 1. The summed E-state index contributed by atoms with van der Waals surface area (Å²) in [7, 11) is 4.00. The average Bonchev–Trinajstić information content (AvgIpc) is 2.52. The topological polar surface area (TPSA) is 75.2 Å². The first kappa shape index (κ1) is 20.1. The molecule has 2 rings (SSSR count). The second kappa shape index (κ2) is 10.0. The van der Waals surface area contributed by atoms with Gasteiger partial charge in [-0.15, -0.1) is 0 Å².